The molecule has 0 radical (unpaired) electrons. The zero-order chi connectivity index (χ0) is 23.8. The van der Waals surface area contributed by atoms with Gasteiger partial charge in [0.25, 0.3) is 5.69 Å². The fourth-order valence-corrected chi connectivity index (χ4v) is 5.38. The molecule has 0 atom stereocenters. The topological polar surface area (TPSA) is 95.8 Å². The summed E-state index contributed by atoms with van der Waals surface area (Å²) < 4.78 is 39.5. The Morgan fingerprint density at radius 2 is 1.79 bits per heavy atom. The molecule has 174 valence electrons. The maximum absolute atomic E-state index is 13.2. The molecule has 0 unspecified atom stereocenters. The molecule has 2 aliphatic rings. The van der Waals surface area contributed by atoms with Gasteiger partial charge in [-0.2, -0.15) is 13.2 Å². The number of likely N-dealkylation sites (tertiary alicyclic amines) is 1. The van der Waals surface area contributed by atoms with Crippen molar-refractivity contribution < 1.29 is 27.7 Å². The number of nitrogens with zero attached hydrogens (tertiary/aromatic N) is 3. The number of alkyl halides is 3. The molecule has 2 fully saturated rings. The lowest BCUT2D eigenvalue weighted by molar-refractivity contribution is -0.384. The van der Waals surface area contributed by atoms with Crippen LogP contribution >= 0.6 is 11.8 Å². The van der Waals surface area contributed by atoms with Crippen LogP contribution in [0.15, 0.2) is 48.5 Å². The number of carbonyl (C=O) groups is 2. The molecule has 8 nitrogen and oxygen atoms in total. The molecule has 4 rings (SSSR count). The summed E-state index contributed by atoms with van der Waals surface area (Å²) in [5, 5.41) is 13.4. The van der Waals surface area contributed by atoms with E-state index in [1.807, 2.05) is 0 Å². The van der Waals surface area contributed by atoms with Crippen molar-refractivity contribution in [3.63, 3.8) is 0 Å². The van der Waals surface area contributed by atoms with E-state index in [-0.39, 0.29) is 23.0 Å². The predicted octanol–water partition coefficient (Wildman–Crippen LogP) is 4.72. The number of piperidine rings is 1. The Balaban J connectivity index is 1.45. The minimum absolute atomic E-state index is 0.0921. The van der Waals surface area contributed by atoms with Gasteiger partial charge in [-0.25, -0.2) is 4.79 Å². The van der Waals surface area contributed by atoms with Crippen LogP contribution in [-0.4, -0.2) is 45.5 Å². The van der Waals surface area contributed by atoms with Gasteiger partial charge in [0.1, 0.15) is 0 Å². The summed E-state index contributed by atoms with van der Waals surface area (Å²) in [5.41, 5.74) is -0.309. The zero-order valence-corrected chi connectivity index (χ0v) is 18.0. The molecule has 0 bridgehead atoms. The minimum atomic E-state index is -4.52. The molecule has 2 aliphatic heterocycles. The van der Waals surface area contributed by atoms with Crippen molar-refractivity contribution in [1.82, 2.24) is 4.90 Å². The SMILES string of the molecule is O=C(Nc1ccc([N+](=O)[O-])cc1)N1CCC2(CC1)SCC(=O)N2c1cccc(C(F)(F)F)c1. The number of benzene rings is 2. The summed E-state index contributed by atoms with van der Waals surface area (Å²) in [5.74, 6) is -0.103. The Kier molecular flexibility index (Phi) is 5.95. The lowest BCUT2D eigenvalue weighted by Gasteiger charge is -2.44. The number of non-ortho nitro benzene ring substituents is 1. The van der Waals surface area contributed by atoms with Gasteiger partial charge in [0.15, 0.2) is 0 Å². The zero-order valence-electron chi connectivity index (χ0n) is 17.2. The monoisotopic (exact) mass is 480 g/mol. The molecule has 33 heavy (non-hydrogen) atoms. The molecule has 2 saturated heterocycles. The Morgan fingerprint density at radius 1 is 1.12 bits per heavy atom. The summed E-state index contributed by atoms with van der Waals surface area (Å²) in [6.45, 7) is 0.600. The van der Waals surface area contributed by atoms with Crippen molar-refractivity contribution in [3.05, 3.63) is 64.2 Å². The van der Waals surface area contributed by atoms with Crippen LogP contribution in [0.25, 0.3) is 0 Å². The minimum Gasteiger partial charge on any atom is -0.324 e. The summed E-state index contributed by atoms with van der Waals surface area (Å²) in [6.07, 6.45) is -3.72. The molecule has 2 aromatic rings. The molecule has 3 amide bonds. The van der Waals surface area contributed by atoms with Crippen LogP contribution in [0.2, 0.25) is 0 Å². The smallest absolute Gasteiger partial charge is 0.324 e. The van der Waals surface area contributed by atoms with Crippen molar-refractivity contribution >= 4 is 40.8 Å². The number of hydrogen-bond donors (Lipinski definition) is 1. The van der Waals surface area contributed by atoms with Gasteiger partial charge in [-0.15, -0.1) is 11.8 Å². The van der Waals surface area contributed by atoms with E-state index in [0.717, 1.165) is 12.1 Å². The van der Waals surface area contributed by atoms with Crippen LogP contribution < -0.4 is 10.2 Å². The highest BCUT2D eigenvalue weighted by molar-refractivity contribution is 8.02. The first kappa shape index (κ1) is 22.9. The largest absolute Gasteiger partial charge is 0.416 e. The van der Waals surface area contributed by atoms with E-state index in [4.69, 9.17) is 0 Å². The summed E-state index contributed by atoms with van der Waals surface area (Å²) in [4.78, 5) is 37.7. The number of thioether (sulfide) groups is 1. The maximum atomic E-state index is 13.2. The number of rotatable bonds is 3. The fourth-order valence-electron chi connectivity index (χ4n) is 4.05. The molecule has 1 spiro atoms. The molecule has 1 N–H and O–H groups in total. The van der Waals surface area contributed by atoms with Gasteiger partial charge < -0.3 is 10.2 Å². The van der Waals surface area contributed by atoms with Crippen LogP contribution in [-0.2, 0) is 11.0 Å². The van der Waals surface area contributed by atoms with Gasteiger partial charge >= 0.3 is 12.2 Å². The summed E-state index contributed by atoms with van der Waals surface area (Å²) >= 11 is 1.38. The number of urea groups is 1. The van der Waals surface area contributed by atoms with Crippen LogP contribution in [0.3, 0.4) is 0 Å². The Hall–Kier alpha value is -3.28. The third kappa shape index (κ3) is 4.61. The Bertz CT molecular complexity index is 1090. The first-order chi connectivity index (χ1) is 15.6. The Morgan fingerprint density at radius 3 is 2.39 bits per heavy atom. The van der Waals surface area contributed by atoms with E-state index < -0.39 is 27.6 Å². The van der Waals surface area contributed by atoms with Crippen LogP contribution in [0, 0.1) is 10.1 Å². The number of carbonyl (C=O) groups excluding carboxylic acids is 2. The summed E-state index contributed by atoms with van der Waals surface area (Å²) in [6, 6.07) is 9.78. The number of nitro benzene ring substituents is 1. The molecule has 2 heterocycles. The van der Waals surface area contributed by atoms with Crippen molar-refractivity contribution in [1.29, 1.82) is 0 Å². The molecule has 0 saturated carbocycles. The van der Waals surface area contributed by atoms with Gasteiger partial charge in [-0.1, -0.05) is 6.07 Å². The highest BCUT2D eigenvalue weighted by Gasteiger charge is 2.49. The van der Waals surface area contributed by atoms with Crippen molar-refractivity contribution in [2.45, 2.75) is 23.9 Å². The van der Waals surface area contributed by atoms with Crippen molar-refractivity contribution in [2.24, 2.45) is 0 Å². The number of amides is 3. The third-order valence-corrected chi connectivity index (χ3v) is 7.23. The second-order valence-corrected chi connectivity index (χ2v) is 9.07. The number of nitro groups is 1. The van der Waals surface area contributed by atoms with E-state index in [1.54, 1.807) is 4.90 Å². The number of hydrogen-bond acceptors (Lipinski definition) is 5. The molecule has 0 aromatic heterocycles. The standard InChI is InChI=1S/C21H19F3N4O4S/c22-21(23,24)14-2-1-3-17(12-14)27-18(29)13-33-20(27)8-10-26(11-9-20)19(30)25-15-4-6-16(7-5-15)28(31)32/h1-7,12H,8-11,13H2,(H,25,30). The van der Waals surface area contributed by atoms with Gasteiger partial charge in [0.2, 0.25) is 5.91 Å². The average Bonchev–Trinajstić information content (AvgIpc) is 3.09. The molecule has 0 aliphatic carbocycles. The van der Waals surface area contributed by atoms with Gasteiger partial charge in [-0.3, -0.25) is 19.8 Å². The first-order valence-electron chi connectivity index (χ1n) is 10.0. The van der Waals surface area contributed by atoms with E-state index in [0.29, 0.717) is 31.6 Å². The molecule has 2 aromatic carbocycles. The fraction of sp³-hybridized carbons (Fsp3) is 0.333. The van der Waals surface area contributed by atoms with Crippen LogP contribution in [0.1, 0.15) is 18.4 Å². The lowest BCUT2D eigenvalue weighted by atomic mass is 10.0. The number of nitrogens with one attached hydrogen (secondary N) is 1. The van der Waals surface area contributed by atoms with E-state index in [1.165, 1.54) is 53.1 Å². The highest BCUT2D eigenvalue weighted by atomic mass is 32.2. The molecular formula is C21H19F3N4O4S. The Labute approximate surface area is 190 Å². The number of halogens is 3. The van der Waals surface area contributed by atoms with Gasteiger partial charge in [-0.05, 0) is 43.2 Å². The van der Waals surface area contributed by atoms with Crippen molar-refractivity contribution in [3.8, 4) is 0 Å². The van der Waals surface area contributed by atoms with E-state index >= 15 is 0 Å². The van der Waals surface area contributed by atoms with Crippen molar-refractivity contribution in [2.75, 3.05) is 29.1 Å². The maximum Gasteiger partial charge on any atom is 0.416 e. The average molecular weight is 480 g/mol. The second-order valence-electron chi connectivity index (χ2n) is 7.73. The first-order valence-corrected chi connectivity index (χ1v) is 11.0. The van der Waals surface area contributed by atoms with E-state index in [9.17, 15) is 32.9 Å². The number of anilines is 2. The van der Waals surface area contributed by atoms with E-state index in [2.05, 4.69) is 5.32 Å². The highest BCUT2D eigenvalue weighted by Crippen LogP contribution is 2.47. The normalized spacial score (nSPS) is 18.0. The van der Waals surface area contributed by atoms with Gasteiger partial charge in [0.05, 0.1) is 21.1 Å². The quantitative estimate of drug-likeness (QED) is 0.507. The lowest BCUT2D eigenvalue weighted by Crippen LogP contribution is -2.53. The van der Waals surface area contributed by atoms with Crippen LogP contribution in [0.5, 0.6) is 0 Å². The molecular weight excluding hydrogens is 461 g/mol. The third-order valence-electron chi connectivity index (χ3n) is 5.71. The molecule has 12 heteroatoms. The van der Waals surface area contributed by atoms with Crippen LogP contribution in [0.4, 0.5) is 35.0 Å². The second kappa shape index (κ2) is 8.58. The van der Waals surface area contributed by atoms with Gasteiger partial charge in [0, 0.05) is 36.6 Å². The predicted molar refractivity (Wildman–Crippen MR) is 117 cm³/mol. The summed E-state index contributed by atoms with van der Waals surface area (Å²) in [7, 11) is 0.